The van der Waals surface area contributed by atoms with Crippen LogP contribution >= 0.6 is 0 Å². The van der Waals surface area contributed by atoms with Gasteiger partial charge in [-0.05, 0) is 59.4 Å². The third kappa shape index (κ3) is 4.10. The van der Waals surface area contributed by atoms with Crippen molar-refractivity contribution < 1.29 is 18.3 Å². The van der Waals surface area contributed by atoms with Crippen LogP contribution in [0.5, 0.6) is 5.75 Å². The lowest BCUT2D eigenvalue weighted by atomic mass is 9.89. The van der Waals surface area contributed by atoms with E-state index in [0.717, 1.165) is 17.4 Å². The summed E-state index contributed by atoms with van der Waals surface area (Å²) >= 11 is 0. The Hall–Kier alpha value is -2.14. The number of phenols is 1. The van der Waals surface area contributed by atoms with E-state index in [1.807, 2.05) is 27.7 Å². The van der Waals surface area contributed by atoms with E-state index in [9.17, 15) is 18.3 Å². The number of phenolic OH excluding ortho intramolecular Hbond substituents is 1. The summed E-state index contributed by atoms with van der Waals surface area (Å²) in [5.74, 6) is 0.216. The van der Waals surface area contributed by atoms with Crippen LogP contribution < -0.4 is 0 Å². The van der Waals surface area contributed by atoms with E-state index in [1.54, 1.807) is 12.1 Å². The lowest BCUT2D eigenvalue weighted by molar-refractivity contribution is 0.103. The second-order valence-electron chi connectivity index (χ2n) is 6.94. The summed E-state index contributed by atoms with van der Waals surface area (Å²) in [5, 5.41) is 10.5. The number of benzene rings is 2. The van der Waals surface area contributed by atoms with Gasteiger partial charge in [0.25, 0.3) is 0 Å². The lowest BCUT2D eigenvalue weighted by Gasteiger charge is -2.17. The van der Waals surface area contributed by atoms with Crippen molar-refractivity contribution in [2.24, 2.45) is 0 Å². The van der Waals surface area contributed by atoms with Gasteiger partial charge in [0.05, 0.1) is 4.90 Å². The zero-order valence-corrected chi connectivity index (χ0v) is 16.0. The number of carbonyl (C=O) groups excluding carboxylic acids is 1. The predicted octanol–water partition coefficient (Wildman–Crippen LogP) is 4.27. The molecule has 2 aromatic rings. The summed E-state index contributed by atoms with van der Waals surface area (Å²) in [4.78, 5) is 13.0. The average Bonchev–Trinajstić information content (AvgIpc) is 2.53. The van der Waals surface area contributed by atoms with Crippen LogP contribution in [0.25, 0.3) is 0 Å². The molecule has 0 spiro atoms. The van der Waals surface area contributed by atoms with E-state index < -0.39 is 9.84 Å². The monoisotopic (exact) mass is 360 g/mol. The molecule has 0 heterocycles. The fourth-order valence-corrected chi connectivity index (χ4v) is 3.34. The molecule has 0 saturated heterocycles. The van der Waals surface area contributed by atoms with Gasteiger partial charge in [-0.3, -0.25) is 4.79 Å². The second kappa shape index (κ2) is 7.00. The Balaban J connectivity index is 2.52. The Kier molecular flexibility index (Phi) is 5.37. The Morgan fingerprint density at radius 1 is 0.880 bits per heavy atom. The summed E-state index contributed by atoms with van der Waals surface area (Å²) < 4.78 is 23.1. The SMILES string of the molecule is CC(C)c1cc(C(=O)c2ccc(S(C)(=O)=O)cc2)cc(C(C)C)c1O. The summed E-state index contributed by atoms with van der Waals surface area (Å²) in [6.07, 6.45) is 1.13. The molecule has 25 heavy (non-hydrogen) atoms. The van der Waals surface area contributed by atoms with Crippen molar-refractivity contribution in [2.75, 3.05) is 6.26 Å². The van der Waals surface area contributed by atoms with E-state index in [2.05, 4.69) is 0 Å². The fourth-order valence-electron chi connectivity index (χ4n) is 2.71. The van der Waals surface area contributed by atoms with Crippen LogP contribution in [-0.2, 0) is 9.84 Å². The molecule has 134 valence electrons. The van der Waals surface area contributed by atoms with Gasteiger partial charge in [-0.2, -0.15) is 0 Å². The topological polar surface area (TPSA) is 71.4 Å². The van der Waals surface area contributed by atoms with E-state index in [4.69, 9.17) is 0 Å². The smallest absolute Gasteiger partial charge is 0.193 e. The van der Waals surface area contributed by atoms with Crippen LogP contribution in [0.4, 0.5) is 0 Å². The zero-order chi connectivity index (χ0) is 18.9. The van der Waals surface area contributed by atoms with Crippen molar-refractivity contribution in [1.82, 2.24) is 0 Å². The Bertz CT molecular complexity index is 863. The molecule has 0 atom stereocenters. The zero-order valence-electron chi connectivity index (χ0n) is 15.2. The highest BCUT2D eigenvalue weighted by molar-refractivity contribution is 7.90. The molecule has 0 saturated carbocycles. The predicted molar refractivity (Wildman–Crippen MR) is 99.3 cm³/mol. The molecule has 0 fully saturated rings. The summed E-state index contributed by atoms with van der Waals surface area (Å²) in [6, 6.07) is 9.37. The minimum Gasteiger partial charge on any atom is -0.507 e. The standard InChI is InChI=1S/C20H24O4S/c1-12(2)17-10-15(11-18(13(3)4)20(17)22)19(21)14-6-8-16(9-7-14)25(5,23)24/h6-13,22H,1-5H3. The number of sulfone groups is 1. The van der Waals surface area contributed by atoms with Gasteiger partial charge >= 0.3 is 0 Å². The molecule has 0 unspecified atom stereocenters. The van der Waals surface area contributed by atoms with E-state index in [-0.39, 0.29) is 28.3 Å². The molecular formula is C20H24O4S. The highest BCUT2D eigenvalue weighted by Crippen LogP contribution is 2.35. The van der Waals surface area contributed by atoms with Crippen LogP contribution in [0.15, 0.2) is 41.3 Å². The Morgan fingerprint density at radius 2 is 1.32 bits per heavy atom. The van der Waals surface area contributed by atoms with E-state index >= 15 is 0 Å². The van der Waals surface area contributed by atoms with E-state index in [0.29, 0.717) is 11.1 Å². The third-order valence-electron chi connectivity index (χ3n) is 4.22. The summed E-state index contributed by atoms with van der Waals surface area (Å²) in [6.45, 7) is 7.87. The number of hydrogen-bond acceptors (Lipinski definition) is 4. The molecule has 0 aliphatic carbocycles. The number of rotatable bonds is 5. The van der Waals surface area contributed by atoms with Gasteiger partial charge in [-0.1, -0.05) is 27.7 Å². The molecule has 0 radical (unpaired) electrons. The van der Waals surface area contributed by atoms with E-state index in [1.165, 1.54) is 24.3 Å². The van der Waals surface area contributed by atoms with Crippen LogP contribution in [0.1, 0.15) is 66.6 Å². The minimum absolute atomic E-state index is 0.0814. The molecule has 0 bridgehead atoms. The molecular weight excluding hydrogens is 336 g/mol. The molecule has 0 aliphatic heterocycles. The number of hydrogen-bond donors (Lipinski definition) is 1. The van der Waals surface area contributed by atoms with Gasteiger partial charge in [0, 0.05) is 17.4 Å². The first-order chi connectivity index (χ1) is 11.5. The molecule has 2 rings (SSSR count). The van der Waals surface area contributed by atoms with Gasteiger partial charge in [-0.25, -0.2) is 8.42 Å². The van der Waals surface area contributed by atoms with Crippen LogP contribution in [0, 0.1) is 0 Å². The molecule has 0 amide bonds. The molecule has 2 aromatic carbocycles. The van der Waals surface area contributed by atoms with Gasteiger partial charge in [0.1, 0.15) is 5.75 Å². The van der Waals surface area contributed by atoms with Crippen molar-refractivity contribution in [3.05, 3.63) is 58.7 Å². The average molecular weight is 360 g/mol. The van der Waals surface area contributed by atoms with Crippen molar-refractivity contribution >= 4 is 15.6 Å². The second-order valence-corrected chi connectivity index (χ2v) is 8.95. The van der Waals surface area contributed by atoms with Crippen LogP contribution in [0.2, 0.25) is 0 Å². The van der Waals surface area contributed by atoms with Crippen LogP contribution in [0.3, 0.4) is 0 Å². The first-order valence-electron chi connectivity index (χ1n) is 8.24. The third-order valence-corrected chi connectivity index (χ3v) is 5.35. The fraction of sp³-hybridized carbons (Fsp3) is 0.350. The number of ketones is 1. The molecule has 0 aliphatic rings. The maximum absolute atomic E-state index is 12.8. The minimum atomic E-state index is -3.30. The Morgan fingerprint density at radius 3 is 1.68 bits per heavy atom. The van der Waals surface area contributed by atoms with Gasteiger partial charge in [0.2, 0.25) is 0 Å². The summed E-state index contributed by atoms with van der Waals surface area (Å²) in [7, 11) is -3.30. The largest absolute Gasteiger partial charge is 0.507 e. The normalized spacial score (nSPS) is 12.0. The van der Waals surface area contributed by atoms with Crippen LogP contribution in [-0.4, -0.2) is 25.6 Å². The molecule has 1 N–H and O–H groups in total. The summed E-state index contributed by atoms with van der Waals surface area (Å²) in [5.41, 5.74) is 2.39. The van der Waals surface area contributed by atoms with Crippen molar-refractivity contribution in [3.63, 3.8) is 0 Å². The first-order valence-corrected chi connectivity index (χ1v) is 10.1. The van der Waals surface area contributed by atoms with Crippen molar-refractivity contribution in [2.45, 2.75) is 44.4 Å². The van der Waals surface area contributed by atoms with Crippen molar-refractivity contribution in [3.8, 4) is 5.75 Å². The van der Waals surface area contributed by atoms with Gasteiger partial charge in [0.15, 0.2) is 15.6 Å². The maximum Gasteiger partial charge on any atom is 0.193 e. The highest BCUT2D eigenvalue weighted by atomic mass is 32.2. The molecule has 0 aromatic heterocycles. The highest BCUT2D eigenvalue weighted by Gasteiger charge is 2.19. The van der Waals surface area contributed by atoms with Gasteiger partial charge in [-0.15, -0.1) is 0 Å². The maximum atomic E-state index is 12.8. The van der Waals surface area contributed by atoms with Crippen molar-refractivity contribution in [1.29, 1.82) is 0 Å². The molecule has 4 nitrogen and oxygen atoms in total. The first kappa shape index (κ1) is 19.2. The Labute approximate surface area is 149 Å². The number of carbonyl (C=O) groups is 1. The quantitative estimate of drug-likeness (QED) is 0.808. The molecule has 5 heteroatoms. The van der Waals surface area contributed by atoms with Gasteiger partial charge < -0.3 is 5.11 Å². The lowest BCUT2D eigenvalue weighted by Crippen LogP contribution is -2.06. The number of aromatic hydroxyl groups is 1.